The largest absolute Gasteiger partial charge is 0.467 e. The van der Waals surface area contributed by atoms with Crippen molar-refractivity contribution in [2.24, 2.45) is 0 Å². The number of carbonyl (C=O) groups excluding carboxylic acids is 3. The third-order valence-electron chi connectivity index (χ3n) is 5.83. The van der Waals surface area contributed by atoms with Crippen molar-refractivity contribution >= 4 is 33.7 Å². The Hall–Kier alpha value is -4.58. The number of urea groups is 1. The third-order valence-corrected chi connectivity index (χ3v) is 7.75. The van der Waals surface area contributed by atoms with Crippen LogP contribution in [0.25, 0.3) is 0 Å². The van der Waals surface area contributed by atoms with E-state index in [-0.39, 0.29) is 34.9 Å². The normalized spacial score (nSPS) is 15.2. The number of para-hydroxylation sites is 1. The molecule has 0 radical (unpaired) electrons. The number of anilines is 1. The van der Waals surface area contributed by atoms with E-state index in [2.05, 4.69) is 10.6 Å². The fourth-order valence-corrected chi connectivity index (χ4v) is 5.52. The molecule has 12 heteroatoms. The highest BCUT2D eigenvalue weighted by Gasteiger charge is 2.36. The smallest absolute Gasteiger partial charge is 0.338 e. The highest BCUT2D eigenvalue weighted by atomic mass is 32.2. The van der Waals surface area contributed by atoms with Crippen LogP contribution in [0.1, 0.15) is 36.0 Å². The van der Waals surface area contributed by atoms with Gasteiger partial charge in [-0.1, -0.05) is 18.2 Å². The number of rotatable bonds is 10. The molecule has 204 valence electrons. The summed E-state index contributed by atoms with van der Waals surface area (Å²) in [5, 5.41) is 5.09. The van der Waals surface area contributed by atoms with Gasteiger partial charge in [-0.05, 0) is 62.4 Å². The molecule has 0 spiro atoms. The van der Waals surface area contributed by atoms with Crippen molar-refractivity contribution in [3.63, 3.8) is 0 Å². The molecule has 1 atom stereocenters. The van der Waals surface area contributed by atoms with E-state index in [4.69, 9.17) is 13.9 Å². The predicted molar refractivity (Wildman–Crippen MR) is 140 cm³/mol. The van der Waals surface area contributed by atoms with Crippen LogP contribution in [0.5, 0.6) is 0 Å². The molecule has 2 aromatic carbocycles. The molecule has 2 N–H and O–H groups in total. The third kappa shape index (κ3) is 5.96. The lowest BCUT2D eigenvalue weighted by atomic mass is 10.0. The predicted octanol–water partition coefficient (Wildman–Crippen LogP) is 3.52. The first kappa shape index (κ1) is 27.5. The van der Waals surface area contributed by atoms with E-state index in [0.717, 1.165) is 0 Å². The van der Waals surface area contributed by atoms with Crippen LogP contribution in [-0.2, 0) is 24.3 Å². The summed E-state index contributed by atoms with van der Waals surface area (Å²) in [5.74, 6) is -1.21. The van der Waals surface area contributed by atoms with Crippen molar-refractivity contribution in [2.45, 2.75) is 24.8 Å². The number of benzene rings is 2. The summed E-state index contributed by atoms with van der Waals surface area (Å²) < 4.78 is 43.5. The van der Waals surface area contributed by atoms with Crippen molar-refractivity contribution in [2.75, 3.05) is 24.1 Å². The molecule has 0 saturated heterocycles. The van der Waals surface area contributed by atoms with Crippen molar-refractivity contribution in [3.05, 3.63) is 95.6 Å². The Labute approximate surface area is 225 Å². The van der Waals surface area contributed by atoms with Gasteiger partial charge in [-0.15, -0.1) is 0 Å². The van der Waals surface area contributed by atoms with Crippen molar-refractivity contribution in [3.8, 4) is 0 Å². The van der Waals surface area contributed by atoms with E-state index >= 15 is 0 Å². The topological polar surface area (TPSA) is 144 Å². The molecule has 4 rings (SSSR count). The molecule has 0 saturated carbocycles. The second-order valence-corrected chi connectivity index (χ2v) is 10.1. The van der Waals surface area contributed by atoms with Crippen LogP contribution in [0.2, 0.25) is 0 Å². The van der Waals surface area contributed by atoms with Gasteiger partial charge in [-0.3, -0.25) is 4.31 Å². The van der Waals surface area contributed by atoms with Crippen LogP contribution >= 0.6 is 0 Å². The van der Waals surface area contributed by atoms with Crippen LogP contribution in [0.15, 0.2) is 93.6 Å². The molecular formula is C27H27N3O8S. The number of ether oxygens (including phenoxy) is 2. The summed E-state index contributed by atoms with van der Waals surface area (Å²) in [4.78, 5) is 37.8. The standard InChI is InChI=1S/C27H27N3O8S/c1-3-30(19-9-6-5-7-10-19)39(34,35)20-14-12-18(13-15-20)25(31)38-17-21-23(26(32)36-4-2)24(29-27(33)28-21)22-11-8-16-37-22/h5-16,24H,3-4,17H2,1-2H3,(H2,28,29,33)/t24-/m0/s1. The van der Waals surface area contributed by atoms with Crippen LogP contribution in [0, 0.1) is 0 Å². The maximum Gasteiger partial charge on any atom is 0.338 e. The average molecular weight is 554 g/mol. The van der Waals surface area contributed by atoms with Crippen LogP contribution in [0.4, 0.5) is 10.5 Å². The minimum absolute atomic E-state index is 0.00367. The number of amides is 2. The summed E-state index contributed by atoms with van der Waals surface area (Å²) in [6.45, 7) is 3.22. The maximum atomic E-state index is 13.2. The molecule has 0 bridgehead atoms. The van der Waals surface area contributed by atoms with E-state index in [1.54, 1.807) is 56.3 Å². The van der Waals surface area contributed by atoms with Gasteiger partial charge < -0.3 is 24.5 Å². The van der Waals surface area contributed by atoms with Gasteiger partial charge >= 0.3 is 18.0 Å². The van der Waals surface area contributed by atoms with Crippen molar-refractivity contribution < 1.29 is 36.7 Å². The zero-order chi connectivity index (χ0) is 28.0. The number of hydrogen-bond acceptors (Lipinski definition) is 8. The number of nitrogens with one attached hydrogen (secondary N) is 2. The van der Waals surface area contributed by atoms with Gasteiger partial charge in [0.1, 0.15) is 18.4 Å². The maximum absolute atomic E-state index is 13.2. The number of furan rings is 1. The zero-order valence-corrected chi connectivity index (χ0v) is 22.1. The minimum Gasteiger partial charge on any atom is -0.467 e. The molecule has 3 aromatic rings. The molecule has 0 fully saturated rings. The lowest BCUT2D eigenvalue weighted by molar-refractivity contribution is -0.139. The number of sulfonamides is 1. The van der Waals surface area contributed by atoms with Gasteiger partial charge in [0.2, 0.25) is 0 Å². The summed E-state index contributed by atoms with van der Waals surface area (Å²) in [6.07, 6.45) is 1.40. The van der Waals surface area contributed by atoms with Crippen LogP contribution in [0.3, 0.4) is 0 Å². The molecular weight excluding hydrogens is 526 g/mol. The van der Waals surface area contributed by atoms with Crippen LogP contribution in [-0.4, -0.2) is 46.1 Å². The molecule has 39 heavy (non-hydrogen) atoms. The molecule has 0 aliphatic carbocycles. The van der Waals surface area contributed by atoms with E-state index in [9.17, 15) is 22.8 Å². The van der Waals surface area contributed by atoms with E-state index in [0.29, 0.717) is 11.4 Å². The molecule has 2 heterocycles. The number of esters is 2. The first-order valence-electron chi connectivity index (χ1n) is 12.1. The Balaban J connectivity index is 1.53. The average Bonchev–Trinajstić information content (AvgIpc) is 3.47. The highest BCUT2D eigenvalue weighted by molar-refractivity contribution is 7.92. The number of hydrogen-bond donors (Lipinski definition) is 2. The Morgan fingerprint density at radius 3 is 2.28 bits per heavy atom. The van der Waals surface area contributed by atoms with E-state index in [1.165, 1.54) is 34.8 Å². The molecule has 1 aliphatic rings. The Kier molecular flexibility index (Phi) is 8.35. The van der Waals surface area contributed by atoms with Gasteiger partial charge in [0, 0.05) is 6.54 Å². The molecule has 2 amide bonds. The van der Waals surface area contributed by atoms with Gasteiger partial charge in [-0.25, -0.2) is 22.8 Å². The van der Waals surface area contributed by atoms with Gasteiger partial charge in [0.25, 0.3) is 10.0 Å². The van der Waals surface area contributed by atoms with Gasteiger partial charge in [-0.2, -0.15) is 0 Å². The monoisotopic (exact) mass is 553 g/mol. The van der Waals surface area contributed by atoms with Crippen molar-refractivity contribution in [1.29, 1.82) is 0 Å². The number of nitrogens with zero attached hydrogens (tertiary/aromatic N) is 1. The summed E-state index contributed by atoms with van der Waals surface area (Å²) in [6, 6.07) is 15.6. The lowest BCUT2D eigenvalue weighted by Crippen LogP contribution is -2.47. The second kappa shape index (κ2) is 11.9. The Morgan fingerprint density at radius 1 is 0.949 bits per heavy atom. The first-order valence-corrected chi connectivity index (χ1v) is 13.6. The summed E-state index contributed by atoms with van der Waals surface area (Å²) >= 11 is 0. The molecule has 1 aromatic heterocycles. The quantitative estimate of drug-likeness (QED) is 0.363. The van der Waals surface area contributed by atoms with Crippen LogP contribution < -0.4 is 14.9 Å². The minimum atomic E-state index is -3.87. The molecule has 0 unspecified atom stereocenters. The SMILES string of the molecule is CCOC(=O)C1=C(COC(=O)c2ccc(S(=O)(=O)N(CC)c3ccccc3)cc2)NC(=O)N[C@H]1c1ccco1. The van der Waals surface area contributed by atoms with Gasteiger partial charge in [0.15, 0.2) is 0 Å². The highest BCUT2D eigenvalue weighted by Crippen LogP contribution is 2.28. The zero-order valence-electron chi connectivity index (χ0n) is 21.2. The molecule has 11 nitrogen and oxygen atoms in total. The lowest BCUT2D eigenvalue weighted by Gasteiger charge is -2.27. The summed E-state index contributed by atoms with van der Waals surface area (Å²) in [5.41, 5.74) is 0.665. The van der Waals surface area contributed by atoms with Gasteiger partial charge in [0.05, 0.1) is 40.3 Å². The second-order valence-electron chi connectivity index (χ2n) is 8.27. The molecule has 1 aliphatic heterocycles. The van der Waals surface area contributed by atoms with E-state index in [1.807, 2.05) is 0 Å². The number of carbonyl (C=O) groups is 3. The first-order chi connectivity index (χ1) is 18.8. The van der Waals surface area contributed by atoms with Crippen molar-refractivity contribution in [1.82, 2.24) is 10.6 Å². The Bertz CT molecular complexity index is 1470. The fourth-order valence-electron chi connectivity index (χ4n) is 4.05. The Morgan fingerprint density at radius 2 is 1.67 bits per heavy atom. The fraction of sp³-hybridized carbons (Fsp3) is 0.222. The van der Waals surface area contributed by atoms with E-state index < -0.39 is 40.6 Å². The summed E-state index contributed by atoms with van der Waals surface area (Å²) in [7, 11) is -3.87.